The van der Waals surface area contributed by atoms with Crippen LogP contribution >= 0.6 is 11.8 Å². The molecule has 3 rings (SSSR count). The molecule has 3 aromatic rings. The minimum absolute atomic E-state index is 0.998. The molecule has 1 aromatic carbocycles. The number of rotatable bonds is 0. The lowest BCUT2D eigenvalue weighted by Gasteiger charge is -1.98. The van der Waals surface area contributed by atoms with Crippen molar-refractivity contribution in [2.45, 2.75) is 0 Å². The highest BCUT2D eigenvalue weighted by molar-refractivity contribution is 6.20. The van der Waals surface area contributed by atoms with Gasteiger partial charge in [0.25, 0.3) is 0 Å². The molecule has 68 valence electrons. The number of pyridine rings is 1. The summed E-state index contributed by atoms with van der Waals surface area (Å²) >= 11 is 5.96. The van der Waals surface area contributed by atoms with Gasteiger partial charge in [-0.15, -0.1) is 0 Å². The zero-order valence-electron chi connectivity index (χ0n) is 7.31. The van der Waals surface area contributed by atoms with Gasteiger partial charge in [0, 0.05) is 34.9 Å². The van der Waals surface area contributed by atoms with E-state index in [1.165, 1.54) is 0 Å². The normalized spacial score (nSPS) is 11.2. The lowest BCUT2D eigenvalue weighted by Crippen LogP contribution is -1.80. The fraction of sp³-hybridized carbons (Fsp3) is 0. The second-order valence-corrected chi connectivity index (χ2v) is 3.56. The highest BCUT2D eigenvalue weighted by Crippen LogP contribution is 2.24. The highest BCUT2D eigenvalue weighted by atomic mass is 35.5. The molecule has 0 N–H and O–H groups in total. The van der Waals surface area contributed by atoms with Gasteiger partial charge in [-0.2, -0.15) is 0 Å². The molecule has 0 atom stereocenters. The van der Waals surface area contributed by atoms with Crippen molar-refractivity contribution in [1.29, 1.82) is 0 Å². The number of fused-ring (bicyclic) bond motifs is 3. The van der Waals surface area contributed by atoms with Crippen LogP contribution in [0.15, 0.2) is 42.7 Å². The van der Waals surface area contributed by atoms with E-state index in [1.807, 2.05) is 36.5 Å². The first-order valence-corrected chi connectivity index (χ1v) is 4.71. The molecule has 2 heterocycles. The molecule has 0 saturated carbocycles. The predicted molar refractivity (Wildman–Crippen MR) is 58.5 cm³/mol. The molecule has 0 aliphatic heterocycles. The summed E-state index contributed by atoms with van der Waals surface area (Å²) in [5.41, 5.74) is 2.00. The Labute approximate surface area is 85.8 Å². The third-order valence-electron chi connectivity index (χ3n) is 2.39. The average molecular weight is 203 g/mol. The van der Waals surface area contributed by atoms with Crippen molar-refractivity contribution in [2.24, 2.45) is 0 Å². The van der Waals surface area contributed by atoms with Crippen LogP contribution in [-0.4, -0.2) is 9.07 Å². The topological polar surface area (TPSA) is 17.8 Å². The third-order valence-corrected chi connectivity index (χ3v) is 2.69. The fourth-order valence-corrected chi connectivity index (χ4v) is 1.93. The van der Waals surface area contributed by atoms with Crippen LogP contribution in [0.2, 0.25) is 0 Å². The summed E-state index contributed by atoms with van der Waals surface area (Å²) in [4.78, 5) is 4.35. The quantitative estimate of drug-likeness (QED) is 0.548. The van der Waals surface area contributed by atoms with Crippen LogP contribution < -0.4 is 0 Å². The predicted octanol–water partition coefficient (Wildman–Crippen LogP) is 3.19. The van der Waals surface area contributed by atoms with Gasteiger partial charge in [0.2, 0.25) is 0 Å². The average Bonchev–Trinajstić information content (AvgIpc) is 2.61. The maximum Gasteiger partial charge on any atom is 0.0796 e. The largest absolute Gasteiger partial charge is 0.260 e. The van der Waals surface area contributed by atoms with Crippen LogP contribution in [0.25, 0.3) is 21.8 Å². The highest BCUT2D eigenvalue weighted by Gasteiger charge is 2.03. The fourth-order valence-electron chi connectivity index (χ4n) is 1.73. The molecule has 0 amide bonds. The SMILES string of the molecule is Cln1ccc2c3ncccc3ccc21. The van der Waals surface area contributed by atoms with Crippen LogP contribution in [-0.2, 0) is 0 Å². The molecule has 0 radical (unpaired) electrons. The molecule has 0 bridgehead atoms. The zero-order chi connectivity index (χ0) is 9.54. The van der Waals surface area contributed by atoms with E-state index < -0.39 is 0 Å². The van der Waals surface area contributed by atoms with Crippen LogP contribution in [0.1, 0.15) is 0 Å². The lowest BCUT2D eigenvalue weighted by atomic mass is 10.1. The van der Waals surface area contributed by atoms with Crippen molar-refractivity contribution in [3.63, 3.8) is 0 Å². The van der Waals surface area contributed by atoms with Gasteiger partial charge in [-0.3, -0.25) is 9.07 Å². The van der Waals surface area contributed by atoms with Gasteiger partial charge in [-0.05, 0) is 18.2 Å². The molecular formula is C11H7ClN2. The Kier molecular flexibility index (Phi) is 1.52. The van der Waals surface area contributed by atoms with E-state index in [4.69, 9.17) is 11.8 Å². The van der Waals surface area contributed by atoms with Gasteiger partial charge < -0.3 is 0 Å². The summed E-state index contributed by atoms with van der Waals surface area (Å²) in [6.45, 7) is 0. The summed E-state index contributed by atoms with van der Waals surface area (Å²) in [6.07, 6.45) is 3.63. The van der Waals surface area contributed by atoms with Gasteiger partial charge in [-0.25, -0.2) is 0 Å². The van der Waals surface area contributed by atoms with Crippen molar-refractivity contribution in [1.82, 2.24) is 9.07 Å². The molecule has 2 aromatic heterocycles. The van der Waals surface area contributed by atoms with Crippen molar-refractivity contribution in [2.75, 3.05) is 0 Å². The minimum Gasteiger partial charge on any atom is -0.260 e. The summed E-state index contributed by atoms with van der Waals surface area (Å²) < 4.78 is 1.59. The molecule has 0 spiro atoms. The van der Waals surface area contributed by atoms with E-state index in [9.17, 15) is 0 Å². The first-order valence-electron chi connectivity index (χ1n) is 4.37. The Morgan fingerprint density at radius 3 is 3.00 bits per heavy atom. The summed E-state index contributed by atoms with van der Waals surface area (Å²) in [5, 5.41) is 2.24. The molecule has 3 heteroatoms. The number of aromatic nitrogens is 2. The van der Waals surface area contributed by atoms with Crippen LogP contribution in [0, 0.1) is 0 Å². The monoisotopic (exact) mass is 202 g/mol. The van der Waals surface area contributed by atoms with Crippen molar-refractivity contribution in [3.8, 4) is 0 Å². The number of nitrogens with zero attached hydrogens (tertiary/aromatic N) is 2. The Morgan fingerprint density at radius 2 is 2.07 bits per heavy atom. The maximum absolute atomic E-state index is 5.96. The van der Waals surface area contributed by atoms with Gasteiger partial charge in [0.1, 0.15) is 0 Å². The summed E-state index contributed by atoms with van der Waals surface area (Å²) in [6, 6.07) is 10.0. The van der Waals surface area contributed by atoms with E-state index in [0.717, 1.165) is 21.8 Å². The third kappa shape index (κ3) is 0.946. The smallest absolute Gasteiger partial charge is 0.0796 e. The van der Waals surface area contributed by atoms with Gasteiger partial charge in [-0.1, -0.05) is 12.1 Å². The maximum atomic E-state index is 5.96. The van der Waals surface area contributed by atoms with Crippen LogP contribution in [0.3, 0.4) is 0 Å². The first kappa shape index (κ1) is 7.83. The minimum atomic E-state index is 0.998. The van der Waals surface area contributed by atoms with Crippen molar-refractivity contribution < 1.29 is 0 Å². The second kappa shape index (κ2) is 2.72. The van der Waals surface area contributed by atoms with E-state index in [1.54, 1.807) is 10.3 Å². The second-order valence-electron chi connectivity index (χ2n) is 3.20. The molecule has 0 unspecified atom stereocenters. The summed E-state index contributed by atoms with van der Waals surface area (Å²) in [7, 11) is 0. The molecule has 0 saturated heterocycles. The Bertz CT molecular complexity index is 613. The van der Waals surface area contributed by atoms with Gasteiger partial charge in [0.15, 0.2) is 0 Å². The standard InChI is InChI=1S/C11H7ClN2/c12-14-7-5-9-10(14)4-3-8-2-1-6-13-11(8)9/h1-7H. The van der Waals surface area contributed by atoms with Gasteiger partial charge >= 0.3 is 0 Å². The Hall–Kier alpha value is -1.54. The molecule has 0 fully saturated rings. The van der Waals surface area contributed by atoms with E-state index >= 15 is 0 Å². The Balaban J connectivity index is 2.61. The summed E-state index contributed by atoms with van der Waals surface area (Å²) in [5.74, 6) is 0. The van der Waals surface area contributed by atoms with Crippen LogP contribution in [0.4, 0.5) is 0 Å². The zero-order valence-corrected chi connectivity index (χ0v) is 8.07. The number of hydrogen-bond acceptors (Lipinski definition) is 1. The number of benzene rings is 1. The van der Waals surface area contributed by atoms with Crippen molar-refractivity contribution >= 4 is 33.6 Å². The Morgan fingerprint density at radius 1 is 1.14 bits per heavy atom. The lowest BCUT2D eigenvalue weighted by molar-refractivity contribution is 1.33. The first-order chi connectivity index (χ1) is 6.86. The number of halogens is 1. The van der Waals surface area contributed by atoms with E-state index in [2.05, 4.69) is 4.98 Å². The van der Waals surface area contributed by atoms with Gasteiger partial charge in [0.05, 0.1) is 11.0 Å². The molecule has 2 nitrogen and oxygen atoms in total. The van der Waals surface area contributed by atoms with E-state index in [0.29, 0.717) is 0 Å². The molecule has 0 aliphatic rings. The van der Waals surface area contributed by atoms with Crippen LogP contribution in [0.5, 0.6) is 0 Å². The number of hydrogen-bond donors (Lipinski definition) is 0. The van der Waals surface area contributed by atoms with Crippen molar-refractivity contribution in [3.05, 3.63) is 42.7 Å². The molecule has 0 aliphatic carbocycles. The molecular weight excluding hydrogens is 196 g/mol. The van der Waals surface area contributed by atoms with E-state index in [-0.39, 0.29) is 0 Å². The molecule has 14 heavy (non-hydrogen) atoms.